The van der Waals surface area contributed by atoms with Gasteiger partial charge in [0.1, 0.15) is 0 Å². The van der Waals surface area contributed by atoms with Gasteiger partial charge in [-0.25, -0.2) is 0 Å². The Morgan fingerprint density at radius 2 is 1.56 bits per heavy atom. The van der Waals surface area contributed by atoms with Crippen molar-refractivity contribution in [2.24, 2.45) is 0 Å². The minimum absolute atomic E-state index is 0. The van der Waals surface area contributed by atoms with Crippen molar-refractivity contribution in [3.8, 4) is 0 Å². The average Bonchev–Trinajstić information content (AvgIpc) is 1.64. The fraction of sp³-hybridized carbons (Fsp3) is 1.00. The van der Waals surface area contributed by atoms with Crippen LogP contribution in [0.4, 0.5) is 0 Å². The van der Waals surface area contributed by atoms with E-state index in [-0.39, 0.29) is 32.7 Å². The molecule has 1 rings (SSSR count). The van der Waals surface area contributed by atoms with Gasteiger partial charge in [0.05, 0.1) is 0 Å². The smallest absolute Gasteiger partial charge is 0.0468 e. The Labute approximate surface area is 81.6 Å². The van der Waals surface area contributed by atoms with E-state index in [0.717, 1.165) is 20.0 Å². The minimum Gasteiger partial charge on any atom is -0.637 e. The van der Waals surface area contributed by atoms with Crippen LogP contribution in [0.25, 0.3) is 5.32 Å². The zero-order valence-corrected chi connectivity index (χ0v) is 8.88. The van der Waals surface area contributed by atoms with Crippen LogP contribution in [0.15, 0.2) is 0 Å². The van der Waals surface area contributed by atoms with Crippen molar-refractivity contribution in [1.82, 2.24) is 9.80 Å². The monoisotopic (exact) mass is 203 g/mol. The van der Waals surface area contributed by atoms with Gasteiger partial charge in [0.15, 0.2) is 0 Å². The van der Waals surface area contributed by atoms with Gasteiger partial charge >= 0.3 is 0 Å². The van der Waals surface area contributed by atoms with Gasteiger partial charge in [-0.2, -0.15) is 0 Å². The molecule has 0 bridgehead atoms. The van der Waals surface area contributed by atoms with Crippen LogP contribution in [-0.2, 0) is 32.7 Å². The molecule has 1 heterocycles. The van der Waals surface area contributed by atoms with Crippen LogP contribution in [0.1, 0.15) is 0 Å². The molecule has 0 aromatic heterocycles. The summed E-state index contributed by atoms with van der Waals surface area (Å²) in [7, 11) is 4.14. The molecule has 0 aliphatic carbocycles. The molecule has 0 N–H and O–H groups in total. The molecule has 1 aliphatic rings. The van der Waals surface area contributed by atoms with E-state index < -0.39 is 0 Å². The summed E-state index contributed by atoms with van der Waals surface area (Å²) in [5.41, 5.74) is 0. The molecule has 9 heavy (non-hydrogen) atoms. The fourth-order valence-electron chi connectivity index (χ4n) is 0.888. The van der Waals surface area contributed by atoms with Crippen molar-refractivity contribution in [3.05, 3.63) is 5.32 Å². The molecule has 0 spiro atoms. The molecular formula is C5H12N3Y-. The molecule has 0 amide bonds. The Kier molecular flexibility index (Phi) is 5.27. The van der Waals surface area contributed by atoms with Gasteiger partial charge < -0.3 is 15.1 Å². The zero-order valence-electron chi connectivity index (χ0n) is 6.04. The summed E-state index contributed by atoms with van der Waals surface area (Å²) in [6.45, 7) is 2.83. The van der Waals surface area contributed by atoms with E-state index in [1.165, 1.54) is 0 Å². The molecule has 51 valence electrons. The Balaban J connectivity index is 0.000000640. The van der Waals surface area contributed by atoms with Crippen molar-refractivity contribution in [1.29, 1.82) is 0 Å². The fourth-order valence-corrected chi connectivity index (χ4v) is 0.888. The Morgan fingerprint density at radius 1 is 1.11 bits per heavy atom. The molecule has 0 aromatic rings. The minimum atomic E-state index is 0. The maximum Gasteiger partial charge on any atom is 0.0468 e. The number of hydrogen-bond donors (Lipinski definition) is 0. The van der Waals surface area contributed by atoms with Crippen molar-refractivity contribution in [2.75, 3.05) is 34.1 Å². The largest absolute Gasteiger partial charge is 0.637 e. The summed E-state index contributed by atoms with van der Waals surface area (Å²) in [6.07, 6.45) is 0. The van der Waals surface area contributed by atoms with E-state index in [1.807, 2.05) is 0 Å². The van der Waals surface area contributed by atoms with Crippen LogP contribution in [0, 0.1) is 0 Å². The first-order chi connectivity index (χ1) is 3.79. The van der Waals surface area contributed by atoms with Gasteiger partial charge in [-0.1, -0.05) is 13.3 Å². The molecule has 0 unspecified atom stereocenters. The van der Waals surface area contributed by atoms with Crippen molar-refractivity contribution >= 4 is 0 Å². The number of hydrogen-bond acceptors (Lipinski definition) is 2. The molecule has 0 saturated carbocycles. The van der Waals surface area contributed by atoms with Gasteiger partial charge in [-0.05, 0) is 14.1 Å². The summed E-state index contributed by atoms with van der Waals surface area (Å²) in [4.78, 5) is 4.34. The normalized spacial score (nSPS) is 23.3. The Hall–Kier alpha value is 0.984. The quantitative estimate of drug-likeness (QED) is 0.556. The van der Waals surface area contributed by atoms with Gasteiger partial charge in [-0.3, -0.25) is 0 Å². The first-order valence-corrected chi connectivity index (χ1v) is 2.79. The number of rotatable bonds is 0. The predicted octanol–water partition coefficient (Wildman–Crippen LogP) is 0.107. The van der Waals surface area contributed by atoms with Gasteiger partial charge in [0.2, 0.25) is 0 Å². The van der Waals surface area contributed by atoms with Crippen molar-refractivity contribution in [2.45, 2.75) is 0 Å². The average molecular weight is 203 g/mol. The molecule has 0 aromatic carbocycles. The maximum atomic E-state index is 4.19. The molecule has 1 aliphatic heterocycles. The van der Waals surface area contributed by atoms with Gasteiger partial charge in [0.25, 0.3) is 0 Å². The molecule has 1 radical (unpaired) electrons. The van der Waals surface area contributed by atoms with E-state index in [4.69, 9.17) is 0 Å². The third-order valence-corrected chi connectivity index (χ3v) is 1.17. The van der Waals surface area contributed by atoms with E-state index in [9.17, 15) is 0 Å². The summed E-state index contributed by atoms with van der Waals surface area (Å²) in [5, 5.41) is 4.19. The van der Waals surface area contributed by atoms with Crippen LogP contribution >= 0.6 is 0 Å². The van der Waals surface area contributed by atoms with Crippen LogP contribution in [0.3, 0.4) is 0 Å². The van der Waals surface area contributed by atoms with E-state index in [2.05, 4.69) is 29.2 Å². The molecule has 4 heteroatoms. The van der Waals surface area contributed by atoms with Crippen LogP contribution in [-0.4, -0.2) is 43.9 Å². The van der Waals surface area contributed by atoms with Gasteiger partial charge in [0, 0.05) is 39.4 Å². The van der Waals surface area contributed by atoms with Crippen molar-refractivity contribution in [3.63, 3.8) is 0 Å². The van der Waals surface area contributed by atoms with Crippen LogP contribution in [0.5, 0.6) is 0 Å². The number of nitrogens with zero attached hydrogens (tertiary/aromatic N) is 3. The standard InChI is InChI=1S/C5H12N3.Y/c1-7-3-6-4-8(2)5-7;/h3-5H2,1-2H3;/q-1;. The first-order valence-electron chi connectivity index (χ1n) is 2.79. The third kappa shape index (κ3) is 3.63. The molecule has 1 saturated heterocycles. The summed E-state index contributed by atoms with van der Waals surface area (Å²) in [5.74, 6) is 0. The van der Waals surface area contributed by atoms with E-state index in [0.29, 0.717) is 0 Å². The molecular weight excluding hydrogens is 191 g/mol. The topological polar surface area (TPSA) is 20.6 Å². The second-order valence-corrected chi connectivity index (χ2v) is 2.36. The first kappa shape index (κ1) is 9.98. The molecule has 3 nitrogen and oxygen atoms in total. The molecule has 1 fully saturated rings. The Bertz CT molecular complexity index is 70.6. The second-order valence-electron chi connectivity index (χ2n) is 2.36. The van der Waals surface area contributed by atoms with Crippen LogP contribution < -0.4 is 0 Å². The summed E-state index contributed by atoms with van der Waals surface area (Å²) < 4.78 is 0. The van der Waals surface area contributed by atoms with E-state index in [1.54, 1.807) is 0 Å². The SMILES string of the molecule is CN1C[N-]CN(C)C1.[Y]. The van der Waals surface area contributed by atoms with Crippen LogP contribution in [0.2, 0.25) is 0 Å². The van der Waals surface area contributed by atoms with E-state index >= 15 is 0 Å². The van der Waals surface area contributed by atoms with Gasteiger partial charge in [-0.15, -0.1) is 0 Å². The van der Waals surface area contributed by atoms with Crippen molar-refractivity contribution < 1.29 is 32.7 Å². The Morgan fingerprint density at radius 3 is 1.78 bits per heavy atom. The second kappa shape index (κ2) is 4.75. The summed E-state index contributed by atoms with van der Waals surface area (Å²) >= 11 is 0. The molecule has 0 atom stereocenters. The third-order valence-electron chi connectivity index (χ3n) is 1.17. The summed E-state index contributed by atoms with van der Waals surface area (Å²) in [6, 6.07) is 0. The maximum absolute atomic E-state index is 4.19. The predicted molar refractivity (Wildman–Crippen MR) is 33.5 cm³/mol. The zero-order chi connectivity index (χ0) is 5.98.